The standard InChI is InChI=1S/C14H19FN2O.ClH/c1-14(8-3-9-16-10-14)13(18)17(2)12-6-4-11(15)5-7-12;/h4-7,16H,3,8-10H2,1-2H3;1H. The summed E-state index contributed by atoms with van der Waals surface area (Å²) in [5.74, 6) is -0.202. The number of hydrogen-bond acceptors (Lipinski definition) is 2. The Hall–Kier alpha value is -1.13. The first-order valence-electron chi connectivity index (χ1n) is 6.27. The second kappa shape index (κ2) is 6.35. The van der Waals surface area contributed by atoms with E-state index >= 15 is 0 Å². The summed E-state index contributed by atoms with van der Waals surface area (Å²) < 4.78 is 12.9. The summed E-state index contributed by atoms with van der Waals surface area (Å²) in [6.07, 6.45) is 1.91. The van der Waals surface area contributed by atoms with Crippen LogP contribution in [0.3, 0.4) is 0 Å². The number of benzene rings is 1. The van der Waals surface area contributed by atoms with E-state index in [1.165, 1.54) is 12.1 Å². The Balaban J connectivity index is 0.00000180. The lowest BCUT2D eigenvalue weighted by atomic mass is 9.81. The van der Waals surface area contributed by atoms with Gasteiger partial charge < -0.3 is 10.2 Å². The van der Waals surface area contributed by atoms with Crippen molar-refractivity contribution in [3.63, 3.8) is 0 Å². The van der Waals surface area contributed by atoms with Crippen molar-refractivity contribution in [2.45, 2.75) is 19.8 Å². The van der Waals surface area contributed by atoms with Crippen molar-refractivity contribution in [1.29, 1.82) is 0 Å². The van der Waals surface area contributed by atoms with Crippen LogP contribution in [-0.4, -0.2) is 26.0 Å². The number of carbonyl (C=O) groups excluding carboxylic acids is 1. The van der Waals surface area contributed by atoms with Gasteiger partial charge >= 0.3 is 0 Å². The van der Waals surface area contributed by atoms with Gasteiger partial charge in [-0.05, 0) is 50.6 Å². The zero-order valence-electron chi connectivity index (χ0n) is 11.3. The average Bonchev–Trinajstić information content (AvgIpc) is 2.39. The molecule has 0 spiro atoms. The van der Waals surface area contributed by atoms with Gasteiger partial charge in [-0.2, -0.15) is 0 Å². The Morgan fingerprint density at radius 3 is 2.53 bits per heavy atom. The molecule has 1 aliphatic rings. The number of rotatable bonds is 2. The van der Waals surface area contributed by atoms with Crippen LogP contribution < -0.4 is 10.2 Å². The lowest BCUT2D eigenvalue weighted by molar-refractivity contribution is -0.128. The van der Waals surface area contributed by atoms with Crippen LogP contribution >= 0.6 is 12.4 Å². The molecule has 1 saturated heterocycles. The maximum atomic E-state index is 12.9. The highest BCUT2D eigenvalue weighted by atomic mass is 35.5. The minimum Gasteiger partial charge on any atom is -0.316 e. The molecule has 5 heteroatoms. The third-order valence-electron chi connectivity index (χ3n) is 3.63. The van der Waals surface area contributed by atoms with E-state index in [1.54, 1.807) is 24.1 Å². The second-order valence-electron chi connectivity index (χ2n) is 5.18. The molecule has 0 aliphatic carbocycles. The molecule has 1 heterocycles. The highest BCUT2D eigenvalue weighted by Crippen LogP contribution is 2.29. The molecule has 1 N–H and O–H groups in total. The van der Waals surface area contributed by atoms with E-state index in [0.717, 1.165) is 25.1 Å². The molecule has 19 heavy (non-hydrogen) atoms. The fourth-order valence-electron chi connectivity index (χ4n) is 2.43. The van der Waals surface area contributed by atoms with E-state index in [2.05, 4.69) is 5.32 Å². The van der Waals surface area contributed by atoms with Crippen molar-refractivity contribution in [2.24, 2.45) is 5.41 Å². The van der Waals surface area contributed by atoms with E-state index in [-0.39, 0.29) is 29.5 Å². The van der Waals surface area contributed by atoms with E-state index in [4.69, 9.17) is 0 Å². The summed E-state index contributed by atoms with van der Waals surface area (Å²) in [5, 5.41) is 3.26. The number of hydrogen-bond donors (Lipinski definition) is 1. The molecule has 0 aromatic heterocycles. The lowest BCUT2D eigenvalue weighted by Gasteiger charge is -2.36. The Kier molecular flexibility index (Phi) is 5.32. The van der Waals surface area contributed by atoms with Crippen LogP contribution in [-0.2, 0) is 4.79 Å². The predicted octanol–water partition coefficient (Wildman–Crippen LogP) is 2.60. The molecule has 0 radical (unpaired) electrons. The molecule has 0 bridgehead atoms. The van der Waals surface area contributed by atoms with Crippen LogP contribution in [0.5, 0.6) is 0 Å². The minimum absolute atomic E-state index is 0. The van der Waals surface area contributed by atoms with Gasteiger partial charge in [-0.1, -0.05) is 0 Å². The van der Waals surface area contributed by atoms with E-state index in [1.807, 2.05) is 6.92 Å². The lowest BCUT2D eigenvalue weighted by Crippen LogP contribution is -2.49. The van der Waals surface area contributed by atoms with Crippen molar-refractivity contribution in [1.82, 2.24) is 5.32 Å². The van der Waals surface area contributed by atoms with Crippen LogP contribution in [0.1, 0.15) is 19.8 Å². The molecular weight excluding hydrogens is 267 g/mol. The topological polar surface area (TPSA) is 32.3 Å². The van der Waals surface area contributed by atoms with Gasteiger partial charge in [0.15, 0.2) is 0 Å². The van der Waals surface area contributed by atoms with Gasteiger partial charge in [0, 0.05) is 19.3 Å². The van der Waals surface area contributed by atoms with E-state index in [0.29, 0.717) is 6.54 Å². The maximum absolute atomic E-state index is 12.9. The molecule has 1 aromatic rings. The first-order chi connectivity index (χ1) is 8.53. The normalized spacial score (nSPS) is 22.5. The van der Waals surface area contributed by atoms with Gasteiger partial charge in [-0.25, -0.2) is 4.39 Å². The number of nitrogens with one attached hydrogen (secondary N) is 1. The molecule has 3 nitrogen and oxygen atoms in total. The molecule has 106 valence electrons. The number of nitrogens with zero attached hydrogens (tertiary/aromatic N) is 1. The SMILES string of the molecule is CN(C(=O)C1(C)CCCNC1)c1ccc(F)cc1.Cl. The second-order valence-corrected chi connectivity index (χ2v) is 5.18. The fraction of sp³-hybridized carbons (Fsp3) is 0.500. The monoisotopic (exact) mass is 286 g/mol. The summed E-state index contributed by atoms with van der Waals surface area (Å²) in [6, 6.07) is 6.01. The fourth-order valence-corrected chi connectivity index (χ4v) is 2.43. The number of halogens is 2. The van der Waals surface area contributed by atoms with Gasteiger partial charge in [-0.3, -0.25) is 4.79 Å². The Labute approximate surface area is 119 Å². The Bertz CT molecular complexity index is 430. The smallest absolute Gasteiger partial charge is 0.233 e. The zero-order valence-corrected chi connectivity index (χ0v) is 12.1. The van der Waals surface area contributed by atoms with Crippen LogP contribution in [0, 0.1) is 11.2 Å². The van der Waals surface area contributed by atoms with Crippen LogP contribution in [0.25, 0.3) is 0 Å². The number of carbonyl (C=O) groups is 1. The van der Waals surface area contributed by atoms with Gasteiger partial charge in [-0.15, -0.1) is 12.4 Å². The maximum Gasteiger partial charge on any atom is 0.233 e. The molecule has 1 aliphatic heterocycles. The summed E-state index contributed by atoms with van der Waals surface area (Å²) >= 11 is 0. The van der Waals surface area contributed by atoms with Gasteiger partial charge in [0.05, 0.1) is 5.41 Å². The van der Waals surface area contributed by atoms with Crippen molar-refractivity contribution in [3.05, 3.63) is 30.1 Å². The first-order valence-corrected chi connectivity index (χ1v) is 6.27. The predicted molar refractivity (Wildman–Crippen MR) is 77.3 cm³/mol. The molecule has 0 saturated carbocycles. The molecule has 2 rings (SSSR count). The number of amides is 1. The highest BCUT2D eigenvalue weighted by molar-refractivity contribution is 5.97. The zero-order chi connectivity index (χ0) is 13.2. The quantitative estimate of drug-likeness (QED) is 0.906. The van der Waals surface area contributed by atoms with E-state index in [9.17, 15) is 9.18 Å². The third kappa shape index (κ3) is 3.45. The van der Waals surface area contributed by atoms with Crippen molar-refractivity contribution >= 4 is 24.0 Å². The minimum atomic E-state index is -0.360. The average molecular weight is 287 g/mol. The molecule has 1 amide bonds. The van der Waals surface area contributed by atoms with Gasteiger partial charge in [0.2, 0.25) is 5.91 Å². The summed E-state index contributed by atoms with van der Waals surface area (Å²) in [6.45, 7) is 3.67. The summed E-state index contributed by atoms with van der Waals surface area (Å²) in [7, 11) is 1.75. The summed E-state index contributed by atoms with van der Waals surface area (Å²) in [5.41, 5.74) is 0.370. The van der Waals surface area contributed by atoms with Crippen molar-refractivity contribution in [3.8, 4) is 0 Å². The van der Waals surface area contributed by atoms with Crippen LogP contribution in [0.4, 0.5) is 10.1 Å². The van der Waals surface area contributed by atoms with Gasteiger partial charge in [0.1, 0.15) is 5.82 Å². The highest BCUT2D eigenvalue weighted by Gasteiger charge is 2.36. The molecule has 1 aromatic carbocycles. The van der Waals surface area contributed by atoms with Crippen LogP contribution in [0.2, 0.25) is 0 Å². The third-order valence-corrected chi connectivity index (χ3v) is 3.63. The number of piperidine rings is 1. The largest absolute Gasteiger partial charge is 0.316 e. The molecular formula is C14H20ClFN2O. The molecule has 1 atom stereocenters. The molecule has 1 fully saturated rings. The molecule has 1 unspecified atom stereocenters. The Morgan fingerprint density at radius 1 is 1.37 bits per heavy atom. The van der Waals surface area contributed by atoms with E-state index < -0.39 is 0 Å². The van der Waals surface area contributed by atoms with Crippen LogP contribution in [0.15, 0.2) is 24.3 Å². The van der Waals surface area contributed by atoms with Crippen molar-refractivity contribution in [2.75, 3.05) is 25.0 Å². The number of anilines is 1. The van der Waals surface area contributed by atoms with Gasteiger partial charge in [0.25, 0.3) is 0 Å². The first kappa shape index (κ1) is 15.9. The summed E-state index contributed by atoms with van der Waals surface area (Å²) in [4.78, 5) is 14.1. The Morgan fingerprint density at radius 2 is 2.00 bits per heavy atom. The van der Waals surface area contributed by atoms with Crippen molar-refractivity contribution < 1.29 is 9.18 Å².